The monoisotopic (exact) mass is 345 g/mol. The second-order valence-corrected chi connectivity index (χ2v) is 6.27. The van der Waals surface area contributed by atoms with Crippen molar-refractivity contribution in [3.8, 4) is 11.5 Å². The van der Waals surface area contributed by atoms with Crippen LogP contribution in [0.5, 0.6) is 11.5 Å². The lowest BCUT2D eigenvalue weighted by Crippen LogP contribution is -2.30. The summed E-state index contributed by atoms with van der Waals surface area (Å²) in [4.78, 5) is 11.6. The van der Waals surface area contributed by atoms with Crippen LogP contribution in [0.4, 0.5) is 13.2 Å². The van der Waals surface area contributed by atoms with E-state index in [0.717, 1.165) is 12.1 Å². The topological polar surface area (TPSA) is 72.5 Å². The summed E-state index contributed by atoms with van der Waals surface area (Å²) in [6.45, 7) is 0. The second kappa shape index (κ2) is 6.29. The van der Waals surface area contributed by atoms with Crippen molar-refractivity contribution in [2.75, 3.05) is 6.26 Å². The Hall–Kier alpha value is -2.55. The first-order valence-corrected chi connectivity index (χ1v) is 7.99. The van der Waals surface area contributed by atoms with Gasteiger partial charge in [0.15, 0.2) is 11.6 Å². The molecule has 2 aromatic rings. The molecule has 0 atom stereocenters. The number of hydrogen-bond acceptors (Lipinski definition) is 4. The van der Waals surface area contributed by atoms with Crippen LogP contribution in [-0.2, 0) is 10.0 Å². The van der Waals surface area contributed by atoms with Crippen molar-refractivity contribution in [3.63, 3.8) is 0 Å². The Kier molecular flexibility index (Phi) is 4.60. The third kappa shape index (κ3) is 4.46. The molecule has 5 nitrogen and oxygen atoms in total. The van der Waals surface area contributed by atoms with Crippen molar-refractivity contribution < 1.29 is 31.1 Å². The summed E-state index contributed by atoms with van der Waals surface area (Å²) in [5.74, 6) is -4.91. The highest BCUT2D eigenvalue weighted by Gasteiger charge is 2.19. The van der Waals surface area contributed by atoms with Crippen molar-refractivity contribution in [2.45, 2.75) is 0 Å². The molecular formula is C14H10F3NO4S. The third-order valence-corrected chi connectivity index (χ3v) is 3.12. The minimum absolute atomic E-state index is 0.0726. The van der Waals surface area contributed by atoms with E-state index in [1.807, 2.05) is 0 Å². The molecule has 0 saturated heterocycles. The normalized spacial score (nSPS) is 11.1. The lowest BCUT2D eigenvalue weighted by molar-refractivity contribution is 0.0977. The van der Waals surface area contributed by atoms with Gasteiger partial charge in [0.2, 0.25) is 10.0 Å². The molecule has 0 aliphatic heterocycles. The zero-order chi connectivity index (χ0) is 17.2. The van der Waals surface area contributed by atoms with Crippen molar-refractivity contribution in [3.05, 3.63) is 59.4 Å². The first-order chi connectivity index (χ1) is 10.7. The summed E-state index contributed by atoms with van der Waals surface area (Å²) < 4.78 is 69.2. The highest BCUT2D eigenvalue weighted by molar-refractivity contribution is 7.89. The van der Waals surface area contributed by atoms with Crippen molar-refractivity contribution in [1.82, 2.24) is 4.72 Å². The molecule has 0 bridgehead atoms. The van der Waals surface area contributed by atoms with Gasteiger partial charge in [-0.25, -0.2) is 26.3 Å². The summed E-state index contributed by atoms with van der Waals surface area (Å²) >= 11 is 0. The minimum Gasteiger partial charge on any atom is -0.454 e. The number of benzene rings is 2. The van der Waals surface area contributed by atoms with E-state index in [9.17, 15) is 26.4 Å². The van der Waals surface area contributed by atoms with Crippen molar-refractivity contribution in [1.29, 1.82) is 0 Å². The fourth-order valence-electron chi connectivity index (χ4n) is 1.66. The van der Waals surface area contributed by atoms with Crippen LogP contribution in [0.1, 0.15) is 10.4 Å². The Bertz CT molecular complexity index is 868. The summed E-state index contributed by atoms with van der Waals surface area (Å²) in [5, 5.41) is 0. The maximum atomic E-state index is 13.9. The van der Waals surface area contributed by atoms with Crippen LogP contribution in [0.2, 0.25) is 0 Å². The first-order valence-electron chi connectivity index (χ1n) is 6.10. The van der Waals surface area contributed by atoms with Crippen molar-refractivity contribution >= 4 is 15.9 Å². The molecule has 0 fully saturated rings. The number of hydrogen-bond donors (Lipinski definition) is 1. The number of carbonyl (C=O) groups excluding carboxylic acids is 1. The second-order valence-electron chi connectivity index (χ2n) is 4.53. The highest BCUT2D eigenvalue weighted by atomic mass is 32.2. The molecule has 2 rings (SSSR count). The van der Waals surface area contributed by atoms with Gasteiger partial charge in [-0.05, 0) is 18.2 Å². The maximum Gasteiger partial charge on any atom is 0.267 e. The van der Waals surface area contributed by atoms with E-state index in [0.29, 0.717) is 18.4 Å². The SMILES string of the molecule is CS(=O)(=O)NC(=O)c1cc(F)c(Oc2cccc(F)c2)cc1F. The molecular weight excluding hydrogens is 335 g/mol. The van der Waals surface area contributed by atoms with E-state index >= 15 is 0 Å². The Labute approximate surface area is 129 Å². The number of amides is 1. The molecule has 23 heavy (non-hydrogen) atoms. The number of halogens is 3. The van der Waals surface area contributed by atoms with Gasteiger partial charge in [-0.2, -0.15) is 0 Å². The molecule has 122 valence electrons. The molecule has 0 aromatic heterocycles. The third-order valence-electron chi connectivity index (χ3n) is 2.57. The minimum atomic E-state index is -3.93. The fraction of sp³-hybridized carbons (Fsp3) is 0.0714. The molecule has 0 aliphatic carbocycles. The summed E-state index contributed by atoms with van der Waals surface area (Å²) in [6.07, 6.45) is 0.695. The Morgan fingerprint density at radius 3 is 2.39 bits per heavy atom. The quantitative estimate of drug-likeness (QED) is 0.924. The van der Waals surface area contributed by atoms with Gasteiger partial charge in [0.1, 0.15) is 17.4 Å². The lowest BCUT2D eigenvalue weighted by atomic mass is 10.2. The predicted molar refractivity (Wildman–Crippen MR) is 75.1 cm³/mol. The summed E-state index contributed by atoms with van der Waals surface area (Å²) in [5.41, 5.74) is -0.806. The Morgan fingerprint density at radius 2 is 1.78 bits per heavy atom. The molecule has 0 heterocycles. The average molecular weight is 345 g/mol. The highest BCUT2D eigenvalue weighted by Crippen LogP contribution is 2.27. The van der Waals surface area contributed by atoms with Crippen molar-refractivity contribution in [2.24, 2.45) is 0 Å². The molecule has 0 saturated carbocycles. The Balaban J connectivity index is 2.32. The van der Waals surface area contributed by atoms with E-state index in [4.69, 9.17) is 4.74 Å². The van der Waals surface area contributed by atoms with Gasteiger partial charge >= 0.3 is 0 Å². The number of carbonyl (C=O) groups is 1. The lowest BCUT2D eigenvalue weighted by Gasteiger charge is -2.09. The molecule has 1 N–H and O–H groups in total. The van der Waals surface area contributed by atoms with Gasteiger partial charge in [0, 0.05) is 12.1 Å². The predicted octanol–water partition coefficient (Wildman–Crippen LogP) is 2.59. The van der Waals surface area contributed by atoms with E-state index in [2.05, 4.69) is 0 Å². The first kappa shape index (κ1) is 16.8. The van der Waals surface area contributed by atoms with Crippen LogP contribution in [0.15, 0.2) is 36.4 Å². The zero-order valence-electron chi connectivity index (χ0n) is 11.6. The molecule has 9 heteroatoms. The van der Waals surface area contributed by atoms with Gasteiger partial charge in [-0.1, -0.05) is 6.07 Å². The smallest absolute Gasteiger partial charge is 0.267 e. The number of rotatable bonds is 4. The standard InChI is InChI=1S/C14H10F3NO4S/c1-23(20,21)18-14(19)10-6-12(17)13(7-11(10)16)22-9-4-2-3-8(15)5-9/h2-7H,1H3,(H,18,19). The summed E-state index contributed by atoms with van der Waals surface area (Å²) in [7, 11) is -3.93. The van der Waals surface area contributed by atoms with E-state index in [1.54, 1.807) is 0 Å². The maximum absolute atomic E-state index is 13.9. The van der Waals surface area contributed by atoms with Crippen LogP contribution >= 0.6 is 0 Å². The number of ether oxygens (including phenoxy) is 1. The molecule has 0 radical (unpaired) electrons. The van der Waals surface area contributed by atoms with E-state index in [-0.39, 0.29) is 5.75 Å². The van der Waals surface area contributed by atoms with Crippen LogP contribution in [0.3, 0.4) is 0 Å². The van der Waals surface area contributed by atoms with Gasteiger partial charge in [-0.3, -0.25) is 4.79 Å². The largest absolute Gasteiger partial charge is 0.454 e. The zero-order valence-corrected chi connectivity index (χ0v) is 12.5. The Morgan fingerprint density at radius 1 is 1.09 bits per heavy atom. The average Bonchev–Trinajstić information content (AvgIpc) is 2.40. The van der Waals surface area contributed by atoms with E-state index < -0.39 is 44.7 Å². The molecule has 0 unspecified atom stereocenters. The molecule has 0 aliphatic rings. The van der Waals surface area contributed by atoms with Gasteiger partial charge < -0.3 is 4.74 Å². The van der Waals surface area contributed by atoms with Gasteiger partial charge in [0.05, 0.1) is 11.8 Å². The molecule has 2 aromatic carbocycles. The van der Waals surface area contributed by atoms with Crippen LogP contribution in [0.25, 0.3) is 0 Å². The van der Waals surface area contributed by atoms with Crippen LogP contribution in [0, 0.1) is 17.5 Å². The van der Waals surface area contributed by atoms with E-state index in [1.165, 1.54) is 16.9 Å². The summed E-state index contributed by atoms with van der Waals surface area (Å²) in [6, 6.07) is 5.80. The molecule has 1 amide bonds. The van der Waals surface area contributed by atoms with Gasteiger partial charge in [-0.15, -0.1) is 0 Å². The number of sulfonamides is 1. The van der Waals surface area contributed by atoms with Crippen LogP contribution in [-0.4, -0.2) is 20.6 Å². The van der Waals surface area contributed by atoms with Crippen LogP contribution < -0.4 is 9.46 Å². The van der Waals surface area contributed by atoms with Gasteiger partial charge in [0.25, 0.3) is 5.91 Å². The number of nitrogens with one attached hydrogen (secondary N) is 1. The molecule has 0 spiro atoms. The fourth-order valence-corrected chi connectivity index (χ4v) is 2.11.